The topological polar surface area (TPSA) is 21.1 Å². The average molecular weight is 312 g/mol. The molecule has 2 aliphatic heterocycles. The molecule has 2 unspecified atom stereocenters. The second-order valence-electron chi connectivity index (χ2n) is 5.72. The van der Waals surface area contributed by atoms with Crippen molar-refractivity contribution in [1.82, 2.24) is 14.7 Å². The lowest BCUT2D eigenvalue weighted by molar-refractivity contribution is 0.133. The van der Waals surface area contributed by atoms with Crippen LogP contribution in [-0.4, -0.2) is 31.6 Å². The summed E-state index contributed by atoms with van der Waals surface area (Å²) in [6.07, 6.45) is 5.39. The molecule has 3 heterocycles. The highest BCUT2D eigenvalue weighted by molar-refractivity contribution is 9.09. The van der Waals surface area contributed by atoms with Crippen LogP contribution >= 0.6 is 15.9 Å². The largest absolute Gasteiger partial charge is 0.292 e. The SMILES string of the molecule is CCn1nc(C)cc1CN1C2CCC1CC(Br)C2. The minimum absolute atomic E-state index is 0.740. The van der Waals surface area contributed by atoms with Crippen molar-refractivity contribution < 1.29 is 0 Å². The van der Waals surface area contributed by atoms with Crippen LogP contribution in [0.2, 0.25) is 0 Å². The summed E-state index contributed by atoms with van der Waals surface area (Å²) in [5, 5.41) is 4.56. The van der Waals surface area contributed by atoms with Gasteiger partial charge >= 0.3 is 0 Å². The van der Waals surface area contributed by atoms with Gasteiger partial charge in [-0.25, -0.2) is 0 Å². The highest BCUT2D eigenvalue weighted by Gasteiger charge is 2.39. The summed E-state index contributed by atoms with van der Waals surface area (Å²) in [7, 11) is 0. The monoisotopic (exact) mass is 311 g/mol. The van der Waals surface area contributed by atoms with Crippen LogP contribution in [0.25, 0.3) is 0 Å². The van der Waals surface area contributed by atoms with Gasteiger partial charge in [-0.3, -0.25) is 9.58 Å². The van der Waals surface area contributed by atoms with Crippen LogP contribution in [0.5, 0.6) is 0 Å². The first kappa shape index (κ1) is 12.7. The Bertz CT molecular complexity index is 415. The lowest BCUT2D eigenvalue weighted by Crippen LogP contribution is -2.42. The third kappa shape index (κ3) is 2.25. The van der Waals surface area contributed by atoms with Crippen molar-refractivity contribution in [1.29, 1.82) is 0 Å². The van der Waals surface area contributed by atoms with Gasteiger partial charge in [0.05, 0.1) is 11.4 Å². The van der Waals surface area contributed by atoms with Gasteiger partial charge in [-0.2, -0.15) is 5.10 Å². The molecule has 2 saturated heterocycles. The van der Waals surface area contributed by atoms with Gasteiger partial charge in [-0.05, 0) is 45.6 Å². The fourth-order valence-corrected chi connectivity index (χ4v) is 4.52. The fourth-order valence-electron chi connectivity index (χ4n) is 3.65. The molecule has 1 aromatic heterocycles. The van der Waals surface area contributed by atoms with Gasteiger partial charge in [0.1, 0.15) is 0 Å². The molecule has 0 radical (unpaired) electrons. The van der Waals surface area contributed by atoms with E-state index in [1.54, 1.807) is 0 Å². The number of rotatable bonds is 3. The number of fused-ring (bicyclic) bond motifs is 2. The van der Waals surface area contributed by atoms with Crippen LogP contribution in [0.1, 0.15) is 44.0 Å². The number of piperidine rings is 1. The number of hydrogen-bond acceptors (Lipinski definition) is 2. The molecule has 100 valence electrons. The van der Waals surface area contributed by atoms with Crippen LogP contribution < -0.4 is 0 Å². The summed E-state index contributed by atoms with van der Waals surface area (Å²) in [6, 6.07) is 3.82. The molecule has 3 nitrogen and oxygen atoms in total. The second kappa shape index (κ2) is 4.97. The number of aromatic nitrogens is 2. The molecule has 0 saturated carbocycles. The molecule has 2 fully saturated rings. The summed E-state index contributed by atoms with van der Waals surface area (Å²) in [6.45, 7) is 6.33. The van der Waals surface area contributed by atoms with Crippen molar-refractivity contribution in [2.24, 2.45) is 0 Å². The van der Waals surface area contributed by atoms with E-state index < -0.39 is 0 Å². The van der Waals surface area contributed by atoms with E-state index >= 15 is 0 Å². The molecule has 2 aliphatic rings. The van der Waals surface area contributed by atoms with Gasteiger partial charge in [0.2, 0.25) is 0 Å². The lowest BCUT2D eigenvalue weighted by Gasteiger charge is -2.37. The molecule has 1 aromatic rings. The molecule has 0 aliphatic carbocycles. The van der Waals surface area contributed by atoms with Crippen LogP contribution in [0.3, 0.4) is 0 Å². The van der Waals surface area contributed by atoms with Crippen LogP contribution in [-0.2, 0) is 13.1 Å². The van der Waals surface area contributed by atoms with Crippen molar-refractivity contribution in [3.63, 3.8) is 0 Å². The smallest absolute Gasteiger partial charge is 0.0597 e. The van der Waals surface area contributed by atoms with E-state index in [0.717, 1.165) is 35.7 Å². The quantitative estimate of drug-likeness (QED) is 0.800. The van der Waals surface area contributed by atoms with Crippen LogP contribution in [0.4, 0.5) is 0 Å². The Morgan fingerprint density at radius 2 is 2.00 bits per heavy atom. The first-order chi connectivity index (χ1) is 8.67. The predicted octanol–water partition coefficient (Wildman–Crippen LogP) is 3.10. The molecule has 0 spiro atoms. The molecule has 2 atom stereocenters. The summed E-state index contributed by atoms with van der Waals surface area (Å²) < 4.78 is 2.16. The molecule has 0 amide bonds. The predicted molar refractivity (Wildman–Crippen MR) is 76.9 cm³/mol. The maximum absolute atomic E-state index is 4.56. The molecule has 18 heavy (non-hydrogen) atoms. The molecule has 0 aromatic carbocycles. The van der Waals surface area contributed by atoms with Gasteiger partial charge in [0.15, 0.2) is 0 Å². The third-order valence-corrected chi connectivity index (χ3v) is 5.20. The van der Waals surface area contributed by atoms with Gasteiger partial charge in [0, 0.05) is 30.0 Å². The van der Waals surface area contributed by atoms with Crippen molar-refractivity contribution >= 4 is 15.9 Å². The fraction of sp³-hybridized carbons (Fsp3) is 0.786. The maximum atomic E-state index is 4.56. The number of alkyl halides is 1. The zero-order chi connectivity index (χ0) is 12.7. The lowest BCUT2D eigenvalue weighted by atomic mass is 10.0. The van der Waals surface area contributed by atoms with E-state index in [9.17, 15) is 0 Å². The summed E-state index contributed by atoms with van der Waals surface area (Å²) in [5.74, 6) is 0. The Kier molecular flexibility index (Phi) is 3.50. The Morgan fingerprint density at radius 3 is 2.61 bits per heavy atom. The molecular weight excluding hydrogens is 290 g/mol. The van der Waals surface area contributed by atoms with E-state index in [4.69, 9.17) is 0 Å². The average Bonchev–Trinajstić information content (AvgIpc) is 2.79. The van der Waals surface area contributed by atoms with Gasteiger partial charge < -0.3 is 0 Å². The van der Waals surface area contributed by atoms with E-state index in [2.05, 4.69) is 50.5 Å². The molecule has 2 bridgehead atoms. The van der Waals surface area contributed by atoms with E-state index in [1.807, 2.05) is 0 Å². The molecule has 0 N–H and O–H groups in total. The van der Waals surface area contributed by atoms with Crippen molar-refractivity contribution in [3.8, 4) is 0 Å². The Balaban J connectivity index is 1.77. The Morgan fingerprint density at radius 1 is 1.33 bits per heavy atom. The van der Waals surface area contributed by atoms with Crippen LogP contribution in [0, 0.1) is 6.92 Å². The number of nitrogens with zero attached hydrogens (tertiary/aromatic N) is 3. The number of hydrogen-bond donors (Lipinski definition) is 0. The normalized spacial score (nSPS) is 32.1. The van der Waals surface area contributed by atoms with Gasteiger partial charge in [0.25, 0.3) is 0 Å². The third-order valence-electron chi connectivity index (χ3n) is 4.46. The number of aryl methyl sites for hydroxylation is 2. The van der Waals surface area contributed by atoms with E-state index in [1.165, 1.54) is 31.4 Å². The zero-order valence-corrected chi connectivity index (χ0v) is 12.9. The summed E-state index contributed by atoms with van der Waals surface area (Å²) in [5.41, 5.74) is 2.54. The maximum Gasteiger partial charge on any atom is 0.0597 e. The summed E-state index contributed by atoms with van der Waals surface area (Å²) in [4.78, 5) is 3.46. The van der Waals surface area contributed by atoms with Gasteiger partial charge in [-0.15, -0.1) is 0 Å². The molecular formula is C14H22BrN3. The van der Waals surface area contributed by atoms with Crippen molar-refractivity contribution in [2.45, 2.75) is 69.5 Å². The second-order valence-corrected chi connectivity index (χ2v) is 7.01. The van der Waals surface area contributed by atoms with Gasteiger partial charge in [-0.1, -0.05) is 15.9 Å². The summed E-state index contributed by atoms with van der Waals surface area (Å²) >= 11 is 3.81. The highest BCUT2D eigenvalue weighted by atomic mass is 79.9. The van der Waals surface area contributed by atoms with Crippen molar-refractivity contribution in [2.75, 3.05) is 0 Å². The minimum Gasteiger partial charge on any atom is -0.292 e. The first-order valence-electron chi connectivity index (χ1n) is 7.10. The number of halogens is 1. The van der Waals surface area contributed by atoms with E-state index in [0.29, 0.717) is 0 Å². The zero-order valence-electron chi connectivity index (χ0n) is 11.3. The standard InChI is InChI=1S/C14H22BrN3/c1-3-18-14(6-10(2)16-18)9-17-12-4-5-13(17)8-11(15)7-12/h6,11-13H,3-5,7-9H2,1-2H3. The first-order valence-corrected chi connectivity index (χ1v) is 8.02. The molecule has 3 rings (SSSR count). The minimum atomic E-state index is 0.740. The Hall–Kier alpha value is -0.350. The van der Waals surface area contributed by atoms with E-state index in [-0.39, 0.29) is 0 Å². The Labute approximate surface area is 118 Å². The van der Waals surface area contributed by atoms with Crippen molar-refractivity contribution in [3.05, 3.63) is 17.5 Å². The van der Waals surface area contributed by atoms with Crippen LogP contribution in [0.15, 0.2) is 6.07 Å². The highest BCUT2D eigenvalue weighted by Crippen LogP contribution is 2.39. The molecule has 4 heteroatoms.